The molecule has 4 aliphatic carbocycles. The van der Waals surface area contributed by atoms with Crippen molar-refractivity contribution in [2.24, 2.45) is 52.8 Å². The quantitative estimate of drug-likeness (QED) is 0.0615. The first kappa shape index (κ1) is 67.4. The number of hydrogen-bond donors (Lipinski definition) is 7. The minimum Gasteiger partial charge on any atom is -0.511 e. The number of rotatable bonds is 12. The number of amides is 1. The van der Waals surface area contributed by atoms with Gasteiger partial charge in [0, 0.05) is 74.5 Å². The monoisotopic (exact) mass is 1240 g/mol. The van der Waals surface area contributed by atoms with E-state index < -0.39 is 169 Å². The van der Waals surface area contributed by atoms with Crippen LogP contribution in [0, 0.1) is 52.8 Å². The standard InChI is InChI=1S/C67H101NO20/c1-15-41-16-17-42-24-34(6)57(87-53-29-65(13,77)61(39(11)82-53)68-40(12)69)32(4)22-30(2)44-19-18-43-55(66(44,14)62(74)54-63(75)67(42,28-41)88-64(54)76)31(3)23-33(5)58(43)84-51-26-47(72)59(37(9)80-51)85-52-27-48(83-49-21-20-45(70)35(7)78-49)60(38(10)81-52)86-50-25-46(71)56(73)36(8)79-50/h16-19,22,24,31-33,35-39,41-53,55-61,70-74,77H,15,20-21,23,25-29H2,1-14H3,(H,68,69)/b30-22+,34-24+,62-54?/t31-,32+,33-,35+,36-,37-,38-,39-,41-,42+,43+,44+,45-,46-,47-,48-,49-,50+,51+,52+,53+,55+,56-,57-,58+,59-,60-,61-,65-,66+,67-/m1/s1. The van der Waals surface area contributed by atoms with Crippen LogP contribution in [0.2, 0.25) is 0 Å². The topological polar surface area (TPSA) is 286 Å². The Morgan fingerprint density at radius 1 is 0.648 bits per heavy atom. The zero-order valence-electron chi connectivity index (χ0n) is 53.9. The largest absolute Gasteiger partial charge is 0.511 e. The zero-order valence-corrected chi connectivity index (χ0v) is 53.9. The number of carbonyl (C=O) groups excluding carboxylic acids is 3. The van der Waals surface area contributed by atoms with Crippen LogP contribution in [0.4, 0.5) is 0 Å². The van der Waals surface area contributed by atoms with Crippen LogP contribution in [0.3, 0.4) is 0 Å². The van der Waals surface area contributed by atoms with Crippen LogP contribution in [0.5, 0.6) is 0 Å². The van der Waals surface area contributed by atoms with Gasteiger partial charge in [-0.1, -0.05) is 76.6 Å². The number of fused-ring (bicyclic) bond motifs is 4. The second-order valence-corrected chi connectivity index (χ2v) is 28.3. The fourth-order valence-corrected chi connectivity index (χ4v) is 17.0. The van der Waals surface area contributed by atoms with E-state index in [0.717, 1.165) is 11.1 Å². The van der Waals surface area contributed by atoms with Crippen LogP contribution in [-0.2, 0) is 66.5 Å². The number of aliphatic hydroxyl groups excluding tert-OH is 5. The van der Waals surface area contributed by atoms with Gasteiger partial charge in [-0.25, -0.2) is 4.79 Å². The molecule has 10 rings (SSSR count). The molecule has 0 aromatic heterocycles. The van der Waals surface area contributed by atoms with Crippen molar-refractivity contribution in [1.29, 1.82) is 0 Å². The molecule has 21 heteroatoms. The van der Waals surface area contributed by atoms with Gasteiger partial charge >= 0.3 is 5.97 Å². The van der Waals surface area contributed by atoms with Crippen molar-refractivity contribution < 1.29 is 97.1 Å². The number of carbonyl (C=O) groups is 3. The van der Waals surface area contributed by atoms with Crippen molar-refractivity contribution >= 4 is 17.7 Å². The van der Waals surface area contributed by atoms with E-state index in [0.29, 0.717) is 25.7 Å². The fourth-order valence-electron chi connectivity index (χ4n) is 17.0. The fraction of sp³-hybridized carbons (Fsp3) is 0.806. The van der Waals surface area contributed by atoms with Gasteiger partial charge < -0.3 is 88.1 Å². The summed E-state index contributed by atoms with van der Waals surface area (Å²) in [5.41, 5.74) is -3.02. The van der Waals surface area contributed by atoms with E-state index in [1.807, 2.05) is 53.7 Å². The first-order chi connectivity index (χ1) is 41.4. The zero-order chi connectivity index (χ0) is 63.8. The number of esters is 1. The third kappa shape index (κ3) is 13.1. The number of ether oxygens (including phenoxy) is 11. The first-order valence-corrected chi connectivity index (χ1v) is 32.7. The number of aliphatic hydroxyl groups is 6. The molecule has 1 amide bonds. The maximum absolute atomic E-state index is 15.6. The molecule has 10 aliphatic rings. The van der Waals surface area contributed by atoms with Gasteiger partial charge in [0.15, 0.2) is 37.1 Å². The van der Waals surface area contributed by atoms with Crippen LogP contribution < -0.4 is 5.32 Å². The molecular formula is C67H101NO20. The van der Waals surface area contributed by atoms with E-state index in [1.54, 1.807) is 27.7 Å². The highest BCUT2D eigenvalue weighted by Gasteiger charge is 2.64. The summed E-state index contributed by atoms with van der Waals surface area (Å²) in [6.45, 7) is 26.2. The Hall–Kier alpha value is -3.49. The minimum absolute atomic E-state index is 0.0322. The summed E-state index contributed by atoms with van der Waals surface area (Å²) in [4.78, 5) is 42.6. The molecule has 494 valence electrons. The van der Waals surface area contributed by atoms with Gasteiger partial charge in [-0.2, -0.15) is 0 Å². The first-order valence-electron chi connectivity index (χ1n) is 32.7. The molecule has 7 fully saturated rings. The van der Waals surface area contributed by atoms with Crippen LogP contribution in [0.25, 0.3) is 0 Å². The SMILES string of the molecule is CC[C@@H]1C=C[C@H]2/C=C(\C)[C@H](O[C@H]3C[C@@](C)(O)[C@H](NC(C)=O)[C@@H](C)O3)[C@@H](C)/C=C(\C)[C@@H]3C=C[C@@H]4[C@@H](O[C@H]5C[C@@H](O)[C@H](O[C@H]6C[C@@H](O[C@@H]7CC[C@@H](O)[C@H](C)O7)[C@H](O[C@H]7C[C@@H](O)[C@H](O)[C@@H](C)O7)[C@@H](C)O6)[C@@H](C)O5)[C@H](C)C[C@@H](C)[C@@H]4[C@@]3(C)C(O)=C3C(=O)O[C@@]2(C1)C3=O. The summed E-state index contributed by atoms with van der Waals surface area (Å²) in [7, 11) is 0. The molecular weight excluding hydrogens is 1140 g/mol. The summed E-state index contributed by atoms with van der Waals surface area (Å²) in [5.74, 6) is -4.60. The Labute approximate surface area is 518 Å². The molecule has 7 N–H and O–H groups in total. The molecule has 0 radical (unpaired) electrons. The van der Waals surface area contributed by atoms with E-state index in [9.17, 15) is 40.2 Å². The molecule has 88 heavy (non-hydrogen) atoms. The van der Waals surface area contributed by atoms with E-state index >= 15 is 4.79 Å². The smallest absolute Gasteiger partial charge is 0.346 e. The van der Waals surface area contributed by atoms with Crippen LogP contribution in [-0.4, -0.2) is 182 Å². The number of ketones is 1. The summed E-state index contributed by atoms with van der Waals surface area (Å²) < 4.78 is 71.8. The lowest BCUT2D eigenvalue weighted by molar-refractivity contribution is -0.352. The van der Waals surface area contributed by atoms with Gasteiger partial charge in [-0.15, -0.1) is 0 Å². The van der Waals surface area contributed by atoms with Gasteiger partial charge in [0.2, 0.25) is 11.7 Å². The average Bonchev–Trinajstić information content (AvgIpc) is 1.99. The maximum Gasteiger partial charge on any atom is 0.346 e. The molecule has 0 aromatic carbocycles. The lowest BCUT2D eigenvalue weighted by Gasteiger charge is -2.57. The van der Waals surface area contributed by atoms with Crippen LogP contribution in [0.15, 0.2) is 58.9 Å². The van der Waals surface area contributed by atoms with Crippen molar-refractivity contribution in [3.05, 3.63) is 58.9 Å². The van der Waals surface area contributed by atoms with Crippen molar-refractivity contribution in [3.8, 4) is 0 Å². The molecule has 0 aromatic rings. The molecule has 1 spiro atoms. The Morgan fingerprint density at radius 2 is 1.27 bits per heavy atom. The van der Waals surface area contributed by atoms with Crippen molar-refractivity contribution in [2.75, 3.05) is 0 Å². The summed E-state index contributed by atoms with van der Waals surface area (Å²) >= 11 is 0. The molecule has 6 aliphatic heterocycles. The number of allylic oxidation sites excluding steroid dienone is 4. The Kier molecular flexibility index (Phi) is 20.3. The average molecular weight is 1240 g/mol. The Morgan fingerprint density at radius 3 is 1.92 bits per heavy atom. The van der Waals surface area contributed by atoms with Gasteiger partial charge in [0.25, 0.3) is 0 Å². The lowest BCUT2D eigenvalue weighted by atomic mass is 9.49. The third-order valence-corrected chi connectivity index (χ3v) is 21.6. The summed E-state index contributed by atoms with van der Waals surface area (Å²) in [6.07, 6.45) is 0.521. The van der Waals surface area contributed by atoms with Crippen LogP contribution >= 0.6 is 0 Å². The highest BCUT2D eigenvalue weighted by atomic mass is 16.8. The van der Waals surface area contributed by atoms with Crippen LogP contribution in [0.1, 0.15) is 155 Å². The predicted octanol–water partition coefficient (Wildman–Crippen LogP) is 6.60. The molecule has 21 nitrogen and oxygen atoms in total. The molecule has 2 bridgehead atoms. The molecule has 0 unspecified atom stereocenters. The van der Waals surface area contributed by atoms with Gasteiger partial charge in [-0.05, 0) is 104 Å². The second kappa shape index (κ2) is 26.5. The van der Waals surface area contributed by atoms with Gasteiger partial charge in [0.05, 0.1) is 78.8 Å². The van der Waals surface area contributed by atoms with E-state index in [-0.39, 0.29) is 78.9 Å². The normalized spacial score (nSPS) is 51.2. The highest BCUT2D eigenvalue weighted by Crippen LogP contribution is 2.61. The Bertz CT molecular complexity index is 2670. The second-order valence-electron chi connectivity index (χ2n) is 28.3. The maximum atomic E-state index is 15.6. The molecule has 6 heterocycles. The van der Waals surface area contributed by atoms with E-state index in [2.05, 4.69) is 50.4 Å². The Balaban J connectivity index is 0.913. The molecule has 31 atom stereocenters. The number of Topliss-reactive ketones (excluding diaryl/α,β-unsaturated/α-hetero) is 1. The minimum atomic E-state index is -1.65. The predicted molar refractivity (Wildman–Crippen MR) is 318 cm³/mol. The van der Waals surface area contributed by atoms with Gasteiger partial charge in [-0.3, -0.25) is 9.59 Å². The van der Waals surface area contributed by atoms with Gasteiger partial charge in [0.1, 0.15) is 29.6 Å². The lowest BCUT2D eigenvalue weighted by Crippen LogP contribution is -2.62. The summed E-state index contributed by atoms with van der Waals surface area (Å²) in [6, 6.07) is -0.684. The van der Waals surface area contributed by atoms with E-state index in [4.69, 9.17) is 52.1 Å². The van der Waals surface area contributed by atoms with Crippen molar-refractivity contribution in [3.63, 3.8) is 0 Å². The third-order valence-electron chi connectivity index (χ3n) is 21.6. The molecule has 1 saturated carbocycles. The van der Waals surface area contributed by atoms with Crippen molar-refractivity contribution in [2.45, 2.75) is 289 Å². The summed E-state index contributed by atoms with van der Waals surface area (Å²) in [5, 5.41) is 71.4. The molecule has 6 saturated heterocycles. The number of nitrogens with one attached hydrogen (secondary N) is 1. The highest BCUT2D eigenvalue weighted by molar-refractivity contribution is 6.26. The number of hydrogen-bond acceptors (Lipinski definition) is 20. The van der Waals surface area contributed by atoms with E-state index in [1.165, 1.54) is 6.92 Å². The van der Waals surface area contributed by atoms with Crippen molar-refractivity contribution in [1.82, 2.24) is 5.32 Å².